The molecular weight excluding hydrogens is 274 g/mol. The van der Waals surface area contributed by atoms with Crippen LogP contribution in [0.25, 0.3) is 0 Å². The van der Waals surface area contributed by atoms with Crippen LogP contribution in [0.15, 0.2) is 48.5 Å². The van der Waals surface area contributed by atoms with Gasteiger partial charge in [-0.3, -0.25) is 4.79 Å². The summed E-state index contributed by atoms with van der Waals surface area (Å²) >= 11 is 0. The molecule has 0 radical (unpaired) electrons. The molecule has 6 heteroatoms. The van der Waals surface area contributed by atoms with Gasteiger partial charge >= 0.3 is 5.97 Å². The summed E-state index contributed by atoms with van der Waals surface area (Å²) < 4.78 is 5.25. The molecule has 2 rings (SSSR count). The molecule has 0 fully saturated rings. The highest BCUT2D eigenvalue weighted by Crippen LogP contribution is 2.27. The standard InChI is InChI=1S/C15H13NO5/c17-13(9-21-10-5-2-1-3-6-10)16-12-8-4-7-11(14(12)18)15(19)20/h1-8,18H,9H2,(H,16,17)(H,19,20). The van der Waals surface area contributed by atoms with E-state index in [1.807, 2.05) is 6.07 Å². The predicted molar refractivity (Wildman–Crippen MR) is 75.6 cm³/mol. The van der Waals surface area contributed by atoms with E-state index in [2.05, 4.69) is 5.32 Å². The van der Waals surface area contributed by atoms with E-state index in [1.54, 1.807) is 24.3 Å². The summed E-state index contributed by atoms with van der Waals surface area (Å²) in [5, 5.41) is 21.0. The van der Waals surface area contributed by atoms with Crippen LogP contribution in [-0.4, -0.2) is 28.7 Å². The Kier molecular flexibility index (Phi) is 4.40. The topological polar surface area (TPSA) is 95.9 Å². The maximum absolute atomic E-state index is 11.7. The van der Waals surface area contributed by atoms with Gasteiger partial charge in [0.1, 0.15) is 11.3 Å². The first-order valence-electron chi connectivity index (χ1n) is 6.11. The van der Waals surface area contributed by atoms with Gasteiger partial charge in [-0.2, -0.15) is 0 Å². The van der Waals surface area contributed by atoms with Gasteiger partial charge in [0.15, 0.2) is 12.4 Å². The minimum Gasteiger partial charge on any atom is -0.505 e. The molecule has 21 heavy (non-hydrogen) atoms. The van der Waals surface area contributed by atoms with E-state index in [1.165, 1.54) is 18.2 Å². The number of benzene rings is 2. The number of para-hydroxylation sites is 2. The molecule has 0 saturated heterocycles. The Balaban J connectivity index is 2.00. The number of nitrogens with one attached hydrogen (secondary N) is 1. The van der Waals surface area contributed by atoms with Crippen LogP contribution in [-0.2, 0) is 4.79 Å². The first-order valence-corrected chi connectivity index (χ1v) is 6.11. The lowest BCUT2D eigenvalue weighted by molar-refractivity contribution is -0.118. The van der Waals surface area contributed by atoms with E-state index < -0.39 is 17.6 Å². The van der Waals surface area contributed by atoms with Crippen molar-refractivity contribution in [3.8, 4) is 11.5 Å². The van der Waals surface area contributed by atoms with Crippen LogP contribution in [0.2, 0.25) is 0 Å². The van der Waals surface area contributed by atoms with Gasteiger partial charge in [0.05, 0.1) is 5.69 Å². The number of ether oxygens (including phenoxy) is 1. The van der Waals surface area contributed by atoms with Gasteiger partial charge in [-0.25, -0.2) is 4.79 Å². The van der Waals surface area contributed by atoms with Gasteiger partial charge in [-0.05, 0) is 24.3 Å². The molecule has 2 aromatic rings. The monoisotopic (exact) mass is 287 g/mol. The summed E-state index contributed by atoms with van der Waals surface area (Å²) in [6, 6.07) is 12.9. The van der Waals surface area contributed by atoms with Crippen LogP contribution >= 0.6 is 0 Å². The lowest BCUT2D eigenvalue weighted by atomic mass is 10.1. The SMILES string of the molecule is O=C(COc1ccccc1)Nc1cccc(C(=O)O)c1O. The Hall–Kier alpha value is -3.02. The van der Waals surface area contributed by atoms with Crippen molar-refractivity contribution in [2.24, 2.45) is 0 Å². The number of aromatic carboxylic acids is 1. The number of carbonyl (C=O) groups is 2. The molecular formula is C15H13NO5. The summed E-state index contributed by atoms with van der Waals surface area (Å²) in [4.78, 5) is 22.6. The molecule has 108 valence electrons. The fraction of sp³-hybridized carbons (Fsp3) is 0.0667. The molecule has 0 saturated carbocycles. The number of rotatable bonds is 5. The lowest BCUT2D eigenvalue weighted by Crippen LogP contribution is -2.20. The number of phenols is 1. The zero-order valence-corrected chi connectivity index (χ0v) is 10.9. The molecule has 0 spiro atoms. The molecule has 0 aromatic heterocycles. The van der Waals surface area contributed by atoms with Gasteiger partial charge in [-0.1, -0.05) is 24.3 Å². The first kappa shape index (κ1) is 14.4. The number of carboxylic acid groups (broad SMARTS) is 1. The van der Waals surface area contributed by atoms with Gasteiger partial charge in [0.2, 0.25) is 0 Å². The lowest BCUT2D eigenvalue weighted by Gasteiger charge is -2.10. The van der Waals surface area contributed by atoms with E-state index in [9.17, 15) is 14.7 Å². The van der Waals surface area contributed by atoms with Crippen molar-refractivity contribution in [3.05, 3.63) is 54.1 Å². The highest BCUT2D eigenvalue weighted by Gasteiger charge is 2.14. The van der Waals surface area contributed by atoms with Gasteiger partial charge in [0.25, 0.3) is 5.91 Å². The smallest absolute Gasteiger partial charge is 0.339 e. The summed E-state index contributed by atoms with van der Waals surface area (Å²) in [6.07, 6.45) is 0. The average molecular weight is 287 g/mol. The van der Waals surface area contributed by atoms with E-state index in [0.717, 1.165) is 0 Å². The quantitative estimate of drug-likeness (QED) is 0.732. The molecule has 6 nitrogen and oxygen atoms in total. The summed E-state index contributed by atoms with van der Waals surface area (Å²) in [5.41, 5.74) is -0.256. The van der Waals surface area contributed by atoms with Gasteiger partial charge < -0.3 is 20.3 Å². The van der Waals surface area contributed by atoms with Gasteiger partial charge in [0, 0.05) is 0 Å². The third kappa shape index (κ3) is 3.73. The maximum Gasteiger partial charge on any atom is 0.339 e. The number of amides is 1. The molecule has 0 aliphatic rings. The maximum atomic E-state index is 11.7. The molecule has 0 bridgehead atoms. The normalized spacial score (nSPS) is 9.90. The number of carbonyl (C=O) groups excluding carboxylic acids is 1. The Labute approximate surface area is 120 Å². The molecule has 0 aliphatic carbocycles. The molecule has 1 amide bonds. The Morgan fingerprint density at radius 1 is 1.05 bits per heavy atom. The van der Waals surface area contributed by atoms with Crippen LogP contribution in [0.5, 0.6) is 11.5 Å². The Morgan fingerprint density at radius 2 is 1.76 bits per heavy atom. The average Bonchev–Trinajstić information content (AvgIpc) is 2.48. The van der Waals surface area contributed by atoms with Gasteiger partial charge in [-0.15, -0.1) is 0 Å². The highest BCUT2D eigenvalue weighted by molar-refractivity contribution is 5.98. The van der Waals surface area contributed by atoms with E-state index in [0.29, 0.717) is 5.75 Å². The number of hydrogen-bond donors (Lipinski definition) is 3. The minimum absolute atomic E-state index is 0.0246. The molecule has 0 unspecified atom stereocenters. The number of anilines is 1. The second-order valence-electron chi connectivity index (χ2n) is 4.16. The van der Waals surface area contributed by atoms with Crippen LogP contribution < -0.4 is 10.1 Å². The fourth-order valence-electron chi connectivity index (χ4n) is 1.67. The van der Waals surface area contributed by atoms with Crippen molar-refractivity contribution < 1.29 is 24.5 Å². The number of aromatic hydroxyl groups is 1. The zero-order chi connectivity index (χ0) is 15.2. The molecule has 0 heterocycles. The van der Waals surface area contributed by atoms with E-state index >= 15 is 0 Å². The Morgan fingerprint density at radius 3 is 2.43 bits per heavy atom. The summed E-state index contributed by atoms with van der Waals surface area (Å²) in [5.74, 6) is -1.73. The summed E-state index contributed by atoms with van der Waals surface area (Å²) in [6.45, 7) is -0.249. The van der Waals surface area contributed by atoms with E-state index in [-0.39, 0.29) is 17.9 Å². The second kappa shape index (κ2) is 6.42. The van der Waals surface area contributed by atoms with Crippen molar-refractivity contribution in [1.29, 1.82) is 0 Å². The van der Waals surface area contributed by atoms with Crippen molar-refractivity contribution in [2.45, 2.75) is 0 Å². The Bertz CT molecular complexity index is 654. The van der Waals surface area contributed by atoms with Crippen LogP contribution in [0.1, 0.15) is 10.4 Å². The molecule has 2 aromatic carbocycles. The zero-order valence-electron chi connectivity index (χ0n) is 10.9. The third-order valence-corrected chi connectivity index (χ3v) is 2.65. The second-order valence-corrected chi connectivity index (χ2v) is 4.16. The van der Waals surface area contributed by atoms with Crippen molar-refractivity contribution >= 4 is 17.6 Å². The predicted octanol–water partition coefficient (Wildman–Crippen LogP) is 2.11. The van der Waals surface area contributed by atoms with Crippen molar-refractivity contribution in [1.82, 2.24) is 0 Å². The number of carboxylic acids is 1. The highest BCUT2D eigenvalue weighted by atomic mass is 16.5. The third-order valence-electron chi connectivity index (χ3n) is 2.65. The minimum atomic E-state index is -1.27. The largest absolute Gasteiger partial charge is 0.505 e. The number of hydrogen-bond acceptors (Lipinski definition) is 4. The van der Waals surface area contributed by atoms with Crippen molar-refractivity contribution in [2.75, 3.05) is 11.9 Å². The molecule has 3 N–H and O–H groups in total. The fourth-order valence-corrected chi connectivity index (χ4v) is 1.67. The summed E-state index contributed by atoms with van der Waals surface area (Å²) in [7, 11) is 0. The first-order chi connectivity index (χ1) is 10.1. The van der Waals surface area contributed by atoms with Crippen molar-refractivity contribution in [3.63, 3.8) is 0 Å². The van der Waals surface area contributed by atoms with Crippen LogP contribution in [0, 0.1) is 0 Å². The van der Waals surface area contributed by atoms with E-state index in [4.69, 9.17) is 9.84 Å². The molecule has 0 atom stereocenters. The van der Waals surface area contributed by atoms with Crippen LogP contribution in [0.4, 0.5) is 5.69 Å². The van der Waals surface area contributed by atoms with Crippen LogP contribution in [0.3, 0.4) is 0 Å². The molecule has 0 aliphatic heterocycles.